The SMILES string of the molecule is CCCN(CCN(C)C)C(=O)N(C)C1COCC1C(=O)O. The predicted octanol–water partition coefficient (Wildman–Crippen LogP) is 0.411. The molecular formula is C14H27N3O4. The molecule has 0 bridgehead atoms. The molecule has 0 saturated carbocycles. The third-order valence-electron chi connectivity index (χ3n) is 3.75. The highest BCUT2D eigenvalue weighted by Gasteiger charge is 2.39. The van der Waals surface area contributed by atoms with Crippen molar-refractivity contribution in [3.05, 3.63) is 0 Å². The van der Waals surface area contributed by atoms with Crippen molar-refractivity contribution in [3.8, 4) is 0 Å². The van der Waals surface area contributed by atoms with Crippen molar-refractivity contribution in [1.82, 2.24) is 14.7 Å². The van der Waals surface area contributed by atoms with Gasteiger partial charge in [0.05, 0.1) is 19.3 Å². The quantitative estimate of drug-likeness (QED) is 0.737. The van der Waals surface area contributed by atoms with Crippen LogP contribution in [0.5, 0.6) is 0 Å². The summed E-state index contributed by atoms with van der Waals surface area (Å²) in [7, 11) is 5.59. The lowest BCUT2D eigenvalue weighted by Gasteiger charge is -2.33. The Labute approximate surface area is 126 Å². The summed E-state index contributed by atoms with van der Waals surface area (Å²) in [6.45, 7) is 4.56. The van der Waals surface area contributed by atoms with Crippen LogP contribution in [0.25, 0.3) is 0 Å². The fourth-order valence-corrected chi connectivity index (χ4v) is 2.42. The van der Waals surface area contributed by atoms with Crippen molar-refractivity contribution in [3.63, 3.8) is 0 Å². The van der Waals surface area contributed by atoms with Crippen LogP contribution in [-0.4, -0.2) is 91.8 Å². The van der Waals surface area contributed by atoms with E-state index in [9.17, 15) is 14.7 Å². The summed E-state index contributed by atoms with van der Waals surface area (Å²) in [5, 5.41) is 9.19. The Bertz CT molecular complexity index is 362. The second-order valence-electron chi connectivity index (χ2n) is 5.73. The number of carboxylic acid groups (broad SMARTS) is 1. The van der Waals surface area contributed by atoms with E-state index in [1.807, 2.05) is 25.9 Å². The molecule has 7 heteroatoms. The van der Waals surface area contributed by atoms with E-state index in [1.54, 1.807) is 11.9 Å². The Hall–Kier alpha value is -1.34. The van der Waals surface area contributed by atoms with Crippen molar-refractivity contribution in [2.45, 2.75) is 19.4 Å². The number of hydrogen-bond acceptors (Lipinski definition) is 4. The zero-order chi connectivity index (χ0) is 16.0. The summed E-state index contributed by atoms with van der Waals surface area (Å²) in [6, 6.07) is -0.519. The van der Waals surface area contributed by atoms with Gasteiger partial charge in [0, 0.05) is 26.7 Å². The van der Waals surface area contributed by atoms with Crippen molar-refractivity contribution >= 4 is 12.0 Å². The molecule has 1 saturated heterocycles. The number of carboxylic acids is 1. The molecule has 0 aliphatic carbocycles. The monoisotopic (exact) mass is 301 g/mol. The minimum atomic E-state index is -0.910. The van der Waals surface area contributed by atoms with Crippen molar-refractivity contribution in [2.24, 2.45) is 5.92 Å². The molecule has 7 nitrogen and oxygen atoms in total. The van der Waals surface area contributed by atoms with Gasteiger partial charge < -0.3 is 24.5 Å². The van der Waals surface area contributed by atoms with Crippen molar-refractivity contribution < 1.29 is 19.4 Å². The van der Waals surface area contributed by atoms with E-state index < -0.39 is 17.9 Å². The number of hydrogen-bond donors (Lipinski definition) is 1. The molecule has 2 amide bonds. The number of aliphatic carboxylic acids is 1. The number of rotatable bonds is 7. The predicted molar refractivity (Wildman–Crippen MR) is 79.3 cm³/mol. The van der Waals surface area contributed by atoms with Gasteiger partial charge >= 0.3 is 12.0 Å². The van der Waals surface area contributed by atoms with Gasteiger partial charge in [0.1, 0.15) is 5.92 Å². The lowest BCUT2D eigenvalue weighted by Crippen LogP contribution is -2.51. The first-order valence-electron chi connectivity index (χ1n) is 7.35. The van der Waals surface area contributed by atoms with Gasteiger partial charge in [-0.3, -0.25) is 4.79 Å². The minimum Gasteiger partial charge on any atom is -0.481 e. The zero-order valence-corrected chi connectivity index (χ0v) is 13.4. The van der Waals surface area contributed by atoms with E-state index >= 15 is 0 Å². The molecule has 0 aromatic carbocycles. The normalized spacial score (nSPS) is 21.6. The Morgan fingerprint density at radius 2 is 1.81 bits per heavy atom. The molecule has 2 atom stereocenters. The number of ether oxygens (including phenoxy) is 1. The summed E-state index contributed by atoms with van der Waals surface area (Å²) < 4.78 is 5.24. The van der Waals surface area contributed by atoms with Crippen LogP contribution in [0.3, 0.4) is 0 Å². The molecule has 0 aromatic rings. The van der Waals surface area contributed by atoms with E-state index in [4.69, 9.17) is 4.74 Å². The number of urea groups is 1. The van der Waals surface area contributed by atoms with E-state index in [2.05, 4.69) is 0 Å². The maximum atomic E-state index is 12.6. The van der Waals surface area contributed by atoms with Crippen LogP contribution in [-0.2, 0) is 9.53 Å². The van der Waals surface area contributed by atoms with Crippen molar-refractivity contribution in [1.29, 1.82) is 0 Å². The van der Waals surface area contributed by atoms with Gasteiger partial charge in [0.25, 0.3) is 0 Å². The maximum absolute atomic E-state index is 12.6. The average molecular weight is 301 g/mol. The van der Waals surface area contributed by atoms with Gasteiger partial charge in [0.2, 0.25) is 0 Å². The van der Waals surface area contributed by atoms with Gasteiger partial charge in [-0.05, 0) is 20.5 Å². The Balaban J connectivity index is 2.70. The average Bonchev–Trinajstić information content (AvgIpc) is 2.91. The lowest BCUT2D eigenvalue weighted by atomic mass is 10.0. The van der Waals surface area contributed by atoms with E-state index in [1.165, 1.54) is 4.90 Å². The zero-order valence-electron chi connectivity index (χ0n) is 13.4. The van der Waals surface area contributed by atoms with Crippen LogP contribution in [0, 0.1) is 5.92 Å². The fourth-order valence-electron chi connectivity index (χ4n) is 2.42. The molecular weight excluding hydrogens is 274 g/mol. The van der Waals surface area contributed by atoms with Crippen LogP contribution in [0.2, 0.25) is 0 Å². The molecule has 1 fully saturated rings. The standard InChI is InChI=1S/C14H27N3O4/c1-5-6-17(8-7-15(2)3)14(20)16(4)12-10-21-9-11(12)13(18)19/h11-12H,5-10H2,1-4H3,(H,18,19). The Kier molecular flexibility index (Phi) is 6.91. The van der Waals surface area contributed by atoms with Crippen LogP contribution in [0.1, 0.15) is 13.3 Å². The molecule has 0 spiro atoms. The maximum Gasteiger partial charge on any atom is 0.320 e. The lowest BCUT2D eigenvalue weighted by molar-refractivity contribution is -0.142. The van der Waals surface area contributed by atoms with Crippen LogP contribution in [0.4, 0.5) is 4.79 Å². The third kappa shape index (κ3) is 4.86. The second kappa shape index (κ2) is 8.19. The van der Waals surface area contributed by atoms with Gasteiger partial charge in [-0.2, -0.15) is 0 Å². The van der Waals surface area contributed by atoms with Crippen LogP contribution < -0.4 is 0 Å². The van der Waals surface area contributed by atoms with E-state index in [-0.39, 0.29) is 19.2 Å². The highest BCUT2D eigenvalue weighted by molar-refractivity contribution is 5.77. The first kappa shape index (κ1) is 17.7. The molecule has 1 N–H and O–H groups in total. The number of carbonyl (C=O) groups is 2. The Morgan fingerprint density at radius 3 is 2.33 bits per heavy atom. The summed E-state index contributed by atoms with van der Waals surface area (Å²) in [5.41, 5.74) is 0. The molecule has 2 unspecified atom stereocenters. The Morgan fingerprint density at radius 1 is 1.14 bits per heavy atom. The smallest absolute Gasteiger partial charge is 0.320 e. The fraction of sp³-hybridized carbons (Fsp3) is 0.857. The molecule has 122 valence electrons. The minimum absolute atomic E-state index is 0.125. The van der Waals surface area contributed by atoms with Crippen molar-refractivity contribution in [2.75, 3.05) is 54.0 Å². The summed E-state index contributed by atoms with van der Waals surface area (Å²) in [5.74, 6) is -1.55. The van der Waals surface area contributed by atoms with Gasteiger partial charge in [-0.15, -0.1) is 0 Å². The van der Waals surface area contributed by atoms with Crippen LogP contribution in [0.15, 0.2) is 0 Å². The molecule has 0 radical (unpaired) electrons. The first-order valence-corrected chi connectivity index (χ1v) is 7.35. The second-order valence-corrected chi connectivity index (χ2v) is 5.73. The first-order chi connectivity index (χ1) is 9.88. The number of amides is 2. The number of likely N-dealkylation sites (N-methyl/N-ethyl adjacent to an activating group) is 2. The number of nitrogens with zero attached hydrogens (tertiary/aromatic N) is 3. The summed E-state index contributed by atoms with van der Waals surface area (Å²) in [4.78, 5) is 29.1. The molecule has 21 heavy (non-hydrogen) atoms. The van der Waals surface area contributed by atoms with Gasteiger partial charge in [0.15, 0.2) is 0 Å². The third-order valence-corrected chi connectivity index (χ3v) is 3.75. The highest BCUT2D eigenvalue weighted by Crippen LogP contribution is 2.20. The van der Waals surface area contributed by atoms with E-state index in [0.717, 1.165) is 13.0 Å². The molecule has 1 heterocycles. The summed E-state index contributed by atoms with van der Waals surface area (Å²) in [6.07, 6.45) is 0.872. The highest BCUT2D eigenvalue weighted by atomic mass is 16.5. The summed E-state index contributed by atoms with van der Waals surface area (Å²) >= 11 is 0. The topological polar surface area (TPSA) is 73.3 Å². The largest absolute Gasteiger partial charge is 0.481 e. The van der Waals surface area contributed by atoms with Crippen LogP contribution >= 0.6 is 0 Å². The van der Waals surface area contributed by atoms with Gasteiger partial charge in [-0.1, -0.05) is 6.92 Å². The molecule has 1 aliphatic heterocycles. The molecule has 0 aromatic heterocycles. The molecule has 1 rings (SSSR count). The van der Waals surface area contributed by atoms with E-state index in [0.29, 0.717) is 13.1 Å². The molecule has 1 aliphatic rings. The number of carbonyl (C=O) groups excluding carboxylic acids is 1. The van der Waals surface area contributed by atoms with Gasteiger partial charge in [-0.25, -0.2) is 4.79 Å².